The van der Waals surface area contributed by atoms with E-state index < -0.39 is 0 Å². The molecule has 1 aromatic carbocycles. The summed E-state index contributed by atoms with van der Waals surface area (Å²) in [5.41, 5.74) is 1.72. The van der Waals surface area contributed by atoms with Gasteiger partial charge >= 0.3 is 0 Å². The van der Waals surface area contributed by atoms with Crippen LogP contribution in [0.5, 0.6) is 0 Å². The quantitative estimate of drug-likeness (QED) is 0.667. The van der Waals surface area contributed by atoms with Crippen LogP contribution in [0.4, 0.5) is 0 Å². The lowest BCUT2D eigenvalue weighted by Gasteiger charge is -2.24. The fourth-order valence-electron chi connectivity index (χ4n) is 2.58. The summed E-state index contributed by atoms with van der Waals surface area (Å²) in [5.74, 6) is 1.48. The molecule has 1 aliphatic heterocycles. The average Bonchev–Trinajstić information content (AvgIpc) is 3.04. The van der Waals surface area contributed by atoms with Crippen LogP contribution in [0.15, 0.2) is 29.3 Å². The van der Waals surface area contributed by atoms with E-state index in [1.807, 2.05) is 24.3 Å². The number of nitrogens with one attached hydrogen (secondary N) is 1. The van der Waals surface area contributed by atoms with Gasteiger partial charge in [-0.1, -0.05) is 12.1 Å². The fourth-order valence-corrected chi connectivity index (χ4v) is 2.58. The Balaban J connectivity index is 2.00. The van der Waals surface area contributed by atoms with E-state index in [9.17, 15) is 0 Å². The first-order chi connectivity index (χ1) is 10.7. The number of nitrogens with zero attached hydrogens (tertiary/aromatic N) is 3. The van der Waals surface area contributed by atoms with Crippen molar-refractivity contribution >= 4 is 5.96 Å². The molecule has 0 saturated carbocycles. The van der Waals surface area contributed by atoms with Crippen LogP contribution >= 0.6 is 0 Å². The maximum atomic E-state index is 8.95. The van der Waals surface area contributed by atoms with Crippen molar-refractivity contribution in [2.45, 2.75) is 19.9 Å². The number of hydrogen-bond donors (Lipinski definition) is 1. The summed E-state index contributed by atoms with van der Waals surface area (Å²) in [6.45, 7) is 6.13. The molecule has 1 atom stereocenters. The Morgan fingerprint density at radius 1 is 1.55 bits per heavy atom. The largest absolute Gasteiger partial charge is 0.381 e. The Labute approximate surface area is 132 Å². The van der Waals surface area contributed by atoms with E-state index in [4.69, 9.17) is 10.00 Å². The van der Waals surface area contributed by atoms with Crippen molar-refractivity contribution < 1.29 is 4.74 Å². The Kier molecular flexibility index (Phi) is 6.23. The molecule has 0 aromatic heterocycles. The highest BCUT2D eigenvalue weighted by atomic mass is 16.5. The van der Waals surface area contributed by atoms with Gasteiger partial charge in [0.15, 0.2) is 5.96 Å². The molecule has 1 aliphatic rings. The first kappa shape index (κ1) is 16.3. The summed E-state index contributed by atoms with van der Waals surface area (Å²) in [6.07, 6.45) is 1.12. The third kappa shape index (κ3) is 4.74. The summed E-state index contributed by atoms with van der Waals surface area (Å²) in [4.78, 5) is 6.85. The van der Waals surface area contributed by atoms with Gasteiger partial charge < -0.3 is 15.0 Å². The number of guanidine groups is 1. The van der Waals surface area contributed by atoms with Gasteiger partial charge in [-0.15, -0.1) is 0 Å². The summed E-state index contributed by atoms with van der Waals surface area (Å²) >= 11 is 0. The molecule has 5 heteroatoms. The number of aliphatic imine (C=N–C) groups is 1. The molecule has 0 spiro atoms. The maximum Gasteiger partial charge on any atom is 0.193 e. The molecule has 1 N–H and O–H groups in total. The summed E-state index contributed by atoms with van der Waals surface area (Å²) in [6, 6.07) is 9.76. The molecule has 2 rings (SSSR count). The minimum absolute atomic E-state index is 0.573. The van der Waals surface area contributed by atoms with Crippen LogP contribution in [-0.4, -0.2) is 44.2 Å². The smallest absolute Gasteiger partial charge is 0.193 e. The van der Waals surface area contributed by atoms with Gasteiger partial charge in [-0.25, -0.2) is 4.99 Å². The molecule has 118 valence electrons. The number of hydrogen-bond acceptors (Lipinski definition) is 3. The predicted molar refractivity (Wildman–Crippen MR) is 87.5 cm³/mol. The molecule has 1 unspecified atom stereocenters. The second-order valence-electron chi connectivity index (χ2n) is 5.59. The van der Waals surface area contributed by atoms with Gasteiger partial charge in [0, 0.05) is 32.7 Å². The van der Waals surface area contributed by atoms with E-state index in [0.717, 1.165) is 44.2 Å². The van der Waals surface area contributed by atoms with Gasteiger partial charge in [0.2, 0.25) is 0 Å². The lowest BCUT2D eigenvalue weighted by atomic mass is 10.1. The highest BCUT2D eigenvalue weighted by molar-refractivity contribution is 5.79. The van der Waals surface area contributed by atoms with E-state index in [1.165, 1.54) is 0 Å². The average molecular weight is 300 g/mol. The second-order valence-corrected chi connectivity index (χ2v) is 5.59. The van der Waals surface area contributed by atoms with Crippen LogP contribution in [0.1, 0.15) is 24.5 Å². The summed E-state index contributed by atoms with van der Waals surface area (Å²) < 4.78 is 5.43. The molecule has 0 bridgehead atoms. The Hall–Kier alpha value is -2.06. The molecule has 1 aromatic rings. The molecule has 1 fully saturated rings. The standard InChI is InChI=1S/C17H24N4O/c1-3-19-17(21(2)12-16-7-8-22-13-16)20-11-15-6-4-5-14(9-15)10-18/h4-6,9,16H,3,7-8,11-13H2,1-2H3,(H,19,20). The van der Waals surface area contributed by atoms with Gasteiger partial charge in [-0.2, -0.15) is 5.26 Å². The van der Waals surface area contributed by atoms with Crippen LogP contribution in [0.25, 0.3) is 0 Å². The molecule has 1 saturated heterocycles. The topological polar surface area (TPSA) is 60.7 Å². The molecule has 5 nitrogen and oxygen atoms in total. The first-order valence-corrected chi connectivity index (χ1v) is 7.79. The Morgan fingerprint density at radius 2 is 2.41 bits per heavy atom. The minimum atomic E-state index is 0.573. The lowest BCUT2D eigenvalue weighted by Crippen LogP contribution is -2.41. The zero-order valence-corrected chi connectivity index (χ0v) is 13.4. The number of rotatable bonds is 5. The van der Waals surface area contributed by atoms with E-state index in [0.29, 0.717) is 18.0 Å². The maximum absolute atomic E-state index is 8.95. The molecular formula is C17H24N4O. The van der Waals surface area contributed by atoms with Crippen molar-refractivity contribution in [2.75, 3.05) is 33.4 Å². The van der Waals surface area contributed by atoms with E-state index in [-0.39, 0.29) is 0 Å². The van der Waals surface area contributed by atoms with Gasteiger partial charge in [0.05, 0.1) is 24.8 Å². The molecule has 0 radical (unpaired) electrons. The fraction of sp³-hybridized carbons (Fsp3) is 0.529. The first-order valence-electron chi connectivity index (χ1n) is 7.79. The van der Waals surface area contributed by atoms with Crippen molar-refractivity contribution in [3.8, 4) is 6.07 Å². The Bertz CT molecular complexity index is 544. The number of ether oxygens (including phenoxy) is 1. The van der Waals surface area contributed by atoms with Crippen molar-refractivity contribution in [3.05, 3.63) is 35.4 Å². The zero-order valence-electron chi connectivity index (χ0n) is 13.4. The van der Waals surface area contributed by atoms with Crippen molar-refractivity contribution in [1.29, 1.82) is 5.26 Å². The van der Waals surface area contributed by atoms with Crippen LogP contribution in [-0.2, 0) is 11.3 Å². The van der Waals surface area contributed by atoms with E-state index in [2.05, 4.69) is 35.2 Å². The van der Waals surface area contributed by atoms with Gasteiger partial charge in [0.25, 0.3) is 0 Å². The monoisotopic (exact) mass is 300 g/mol. The van der Waals surface area contributed by atoms with Gasteiger partial charge in [-0.3, -0.25) is 0 Å². The normalized spacial score (nSPS) is 18.0. The Morgan fingerprint density at radius 3 is 3.09 bits per heavy atom. The van der Waals surface area contributed by atoms with Crippen molar-refractivity contribution in [2.24, 2.45) is 10.9 Å². The van der Waals surface area contributed by atoms with Gasteiger partial charge in [-0.05, 0) is 31.0 Å². The number of nitriles is 1. The van der Waals surface area contributed by atoms with Crippen molar-refractivity contribution in [3.63, 3.8) is 0 Å². The summed E-state index contributed by atoms with van der Waals surface area (Å²) in [7, 11) is 2.06. The SMILES string of the molecule is CCNC(=NCc1cccc(C#N)c1)N(C)CC1CCOC1. The van der Waals surface area contributed by atoms with E-state index in [1.54, 1.807) is 0 Å². The van der Waals surface area contributed by atoms with Crippen LogP contribution in [0, 0.1) is 17.2 Å². The third-order valence-corrected chi connectivity index (χ3v) is 3.72. The van der Waals surface area contributed by atoms with Crippen LogP contribution < -0.4 is 5.32 Å². The molecule has 22 heavy (non-hydrogen) atoms. The third-order valence-electron chi connectivity index (χ3n) is 3.72. The summed E-state index contributed by atoms with van der Waals surface area (Å²) in [5, 5.41) is 12.3. The van der Waals surface area contributed by atoms with Crippen LogP contribution in [0.3, 0.4) is 0 Å². The highest BCUT2D eigenvalue weighted by Gasteiger charge is 2.18. The predicted octanol–water partition coefficient (Wildman–Crippen LogP) is 1.99. The van der Waals surface area contributed by atoms with E-state index >= 15 is 0 Å². The van der Waals surface area contributed by atoms with Crippen molar-refractivity contribution in [1.82, 2.24) is 10.2 Å². The van der Waals surface area contributed by atoms with Crippen LogP contribution in [0.2, 0.25) is 0 Å². The lowest BCUT2D eigenvalue weighted by molar-refractivity contribution is 0.181. The molecule has 0 amide bonds. The second kappa shape index (κ2) is 8.40. The molecule has 0 aliphatic carbocycles. The van der Waals surface area contributed by atoms with Gasteiger partial charge in [0.1, 0.15) is 0 Å². The zero-order chi connectivity index (χ0) is 15.8. The number of benzene rings is 1. The molecular weight excluding hydrogens is 276 g/mol. The minimum Gasteiger partial charge on any atom is -0.381 e. The molecule has 1 heterocycles. The highest BCUT2D eigenvalue weighted by Crippen LogP contribution is 2.13.